The van der Waals surface area contributed by atoms with E-state index in [0.717, 1.165) is 0 Å². The van der Waals surface area contributed by atoms with Crippen LogP contribution in [0.15, 0.2) is 0 Å². The molecule has 86 valence electrons. The molecule has 1 atom stereocenters. The van der Waals surface area contributed by atoms with Crippen molar-refractivity contribution in [3.05, 3.63) is 0 Å². The number of hydrogen-bond donors (Lipinski definition) is 2. The number of carbonyl (C=O) groups is 3. The third kappa shape index (κ3) is 9.11. The van der Waals surface area contributed by atoms with E-state index >= 15 is 0 Å². The predicted molar refractivity (Wildman–Crippen MR) is 52.0 cm³/mol. The average Bonchev–Trinajstić information content (AvgIpc) is 2.20. The lowest BCUT2D eigenvalue weighted by atomic mass is 10.2. The highest BCUT2D eigenvalue weighted by molar-refractivity contribution is 7.09. The van der Waals surface area contributed by atoms with Gasteiger partial charge in [-0.05, 0) is 0 Å². The predicted octanol–water partition coefficient (Wildman–Crippen LogP) is -0.0893. The Balaban J connectivity index is 3.53. The molecule has 0 saturated carbocycles. The Morgan fingerprint density at radius 3 is 2.47 bits per heavy atom. The van der Waals surface area contributed by atoms with E-state index in [1.165, 1.54) is 0 Å². The maximum Gasteiger partial charge on any atom is 0.409 e. The molecule has 0 aromatic heterocycles. The molecule has 0 saturated heterocycles. The van der Waals surface area contributed by atoms with E-state index in [2.05, 4.69) is 14.6 Å². The molecule has 0 rings (SSSR count). The summed E-state index contributed by atoms with van der Waals surface area (Å²) in [6.45, 7) is -0.483. The summed E-state index contributed by atoms with van der Waals surface area (Å²) in [5.41, 5.74) is 0. The topological polar surface area (TPSA) is 102 Å². The monoisotopic (exact) mass is 237 g/mol. The molecule has 1 unspecified atom stereocenters. The van der Waals surface area contributed by atoms with Crippen molar-refractivity contribution in [2.75, 3.05) is 13.3 Å². The highest BCUT2D eigenvalue weighted by Crippen LogP contribution is 1.90. The third-order valence-electron chi connectivity index (χ3n) is 1.31. The van der Waals surface area contributed by atoms with Crippen LogP contribution in [0.5, 0.6) is 0 Å². The normalized spacial score (nSPS) is 9.40. The fraction of sp³-hybridized carbons (Fsp3) is 0.571. The number of rotatable bonds is 7. The lowest BCUT2D eigenvalue weighted by molar-refractivity contribution is -0.138. The number of carbonyl (C=O) groups excluding carboxylic acids is 2. The van der Waals surface area contributed by atoms with E-state index in [4.69, 9.17) is 5.11 Å². The Kier molecular flexibility index (Phi) is 7.49. The molecule has 0 aliphatic rings. The van der Waals surface area contributed by atoms with Crippen molar-refractivity contribution in [3.8, 4) is 0 Å². The van der Waals surface area contributed by atoms with Gasteiger partial charge in [-0.15, -0.1) is 0 Å². The molecular weight excluding hydrogens is 225 g/mol. The van der Waals surface area contributed by atoms with Crippen LogP contribution in [0.2, 0.25) is 0 Å². The minimum atomic E-state index is -1.05. The van der Waals surface area contributed by atoms with Gasteiger partial charge in [0.05, 0.1) is 13.0 Å². The fourth-order valence-corrected chi connectivity index (χ4v) is 0.712. The summed E-state index contributed by atoms with van der Waals surface area (Å²) in [6, 6.07) is 0. The Labute approximate surface area is 88.4 Å². The highest BCUT2D eigenvalue weighted by atomic mass is 31.0. The number of Topliss-reactive ketones (excluding diaryl/α,β-unsaturated/α-hetero) is 1. The molecule has 0 bridgehead atoms. The summed E-state index contributed by atoms with van der Waals surface area (Å²) in [5, 5.41) is 10.4. The van der Waals surface area contributed by atoms with Crippen LogP contribution < -0.4 is 5.32 Å². The number of ether oxygens (including phenoxy) is 1. The first-order chi connectivity index (χ1) is 7.06. The van der Waals surface area contributed by atoms with Gasteiger partial charge < -0.3 is 19.7 Å². The Morgan fingerprint density at radius 1 is 1.27 bits per heavy atom. The molecule has 0 aliphatic heterocycles. The summed E-state index contributed by atoms with van der Waals surface area (Å²) in [7, 11) is 1.89. The van der Waals surface area contributed by atoms with Crippen molar-refractivity contribution in [2.24, 2.45) is 0 Å². The number of aliphatic carboxylic acids is 1. The quantitative estimate of drug-likeness (QED) is 0.474. The first-order valence-electron chi connectivity index (χ1n) is 4.02. The molecule has 0 aliphatic carbocycles. The number of nitrogens with one attached hydrogen (secondary N) is 1. The van der Waals surface area contributed by atoms with Gasteiger partial charge in [0.15, 0.2) is 12.6 Å². The lowest BCUT2D eigenvalue weighted by Crippen LogP contribution is -2.30. The molecule has 15 heavy (non-hydrogen) atoms. The van der Waals surface area contributed by atoms with Crippen molar-refractivity contribution in [2.45, 2.75) is 12.8 Å². The van der Waals surface area contributed by atoms with Crippen LogP contribution >= 0.6 is 9.47 Å². The SMILES string of the molecule is O=C(O)CCC(=O)CNC(=O)OCOP. The van der Waals surface area contributed by atoms with Crippen LogP contribution in [0, 0.1) is 0 Å². The smallest absolute Gasteiger partial charge is 0.409 e. The second-order valence-electron chi connectivity index (χ2n) is 2.50. The maximum atomic E-state index is 11.0. The Hall–Kier alpha value is -1.20. The summed E-state index contributed by atoms with van der Waals surface area (Å²) in [4.78, 5) is 31.8. The number of hydrogen-bond acceptors (Lipinski definition) is 5. The van der Waals surface area contributed by atoms with E-state index in [-0.39, 0.29) is 32.0 Å². The second-order valence-corrected chi connectivity index (χ2v) is 2.84. The minimum Gasteiger partial charge on any atom is -0.481 e. The van der Waals surface area contributed by atoms with Gasteiger partial charge in [-0.2, -0.15) is 0 Å². The van der Waals surface area contributed by atoms with Crippen molar-refractivity contribution in [3.63, 3.8) is 0 Å². The molecule has 2 N–H and O–H groups in total. The molecule has 1 amide bonds. The molecule has 8 heteroatoms. The summed E-state index contributed by atoms with van der Waals surface area (Å²) >= 11 is 0. The van der Waals surface area contributed by atoms with Gasteiger partial charge >= 0.3 is 12.1 Å². The molecule has 0 heterocycles. The minimum absolute atomic E-state index is 0.115. The number of carboxylic acid groups (broad SMARTS) is 1. The van der Waals surface area contributed by atoms with Crippen LogP contribution in [0.25, 0.3) is 0 Å². The molecule has 0 aromatic rings. The van der Waals surface area contributed by atoms with E-state index in [1.807, 2.05) is 9.47 Å². The van der Waals surface area contributed by atoms with Gasteiger partial charge in [0.25, 0.3) is 0 Å². The van der Waals surface area contributed by atoms with Crippen molar-refractivity contribution in [1.29, 1.82) is 0 Å². The second kappa shape index (κ2) is 8.14. The maximum absolute atomic E-state index is 11.0. The van der Waals surface area contributed by atoms with E-state index in [0.29, 0.717) is 0 Å². The largest absolute Gasteiger partial charge is 0.481 e. The number of ketones is 1. The van der Waals surface area contributed by atoms with E-state index < -0.39 is 12.1 Å². The van der Waals surface area contributed by atoms with Crippen molar-refractivity contribution in [1.82, 2.24) is 5.32 Å². The van der Waals surface area contributed by atoms with Crippen molar-refractivity contribution < 1.29 is 28.8 Å². The van der Waals surface area contributed by atoms with Crippen LogP contribution in [0.4, 0.5) is 4.79 Å². The van der Waals surface area contributed by atoms with Crippen LogP contribution in [0.3, 0.4) is 0 Å². The number of carboxylic acids is 1. The Bertz CT molecular complexity index is 244. The third-order valence-corrected chi connectivity index (χ3v) is 1.44. The molecular formula is C7H12NO6P. The van der Waals surface area contributed by atoms with E-state index in [9.17, 15) is 14.4 Å². The van der Waals surface area contributed by atoms with Gasteiger partial charge in [-0.3, -0.25) is 9.59 Å². The molecule has 0 fully saturated rings. The Morgan fingerprint density at radius 2 is 1.93 bits per heavy atom. The number of amides is 1. The summed E-state index contributed by atoms with van der Waals surface area (Å²) in [6.07, 6.45) is -1.15. The zero-order valence-corrected chi connectivity index (χ0v) is 9.05. The highest BCUT2D eigenvalue weighted by Gasteiger charge is 2.07. The molecule has 0 radical (unpaired) electrons. The van der Waals surface area contributed by atoms with Gasteiger partial charge in [0.1, 0.15) is 0 Å². The van der Waals surface area contributed by atoms with Gasteiger partial charge in [0.2, 0.25) is 0 Å². The first-order valence-corrected chi connectivity index (χ1v) is 4.49. The van der Waals surface area contributed by atoms with Gasteiger partial charge in [-0.25, -0.2) is 4.79 Å². The van der Waals surface area contributed by atoms with Crippen LogP contribution in [-0.2, 0) is 18.8 Å². The summed E-state index contributed by atoms with van der Waals surface area (Å²) < 4.78 is 8.77. The molecule has 7 nitrogen and oxygen atoms in total. The molecule has 0 spiro atoms. The zero-order valence-electron chi connectivity index (χ0n) is 7.89. The molecule has 0 aromatic carbocycles. The standard InChI is InChI=1S/C7H12NO6P/c9-5(1-2-6(10)11)3-8-7(12)13-4-14-15/h1-4,15H2,(H,8,12)(H,10,11). The number of alkyl carbamates (subject to hydrolysis) is 1. The zero-order chi connectivity index (χ0) is 11.7. The first kappa shape index (κ1) is 13.8. The van der Waals surface area contributed by atoms with Crippen LogP contribution in [0.1, 0.15) is 12.8 Å². The fourth-order valence-electron chi connectivity index (χ4n) is 0.644. The average molecular weight is 237 g/mol. The van der Waals surface area contributed by atoms with Gasteiger partial charge in [-0.1, -0.05) is 0 Å². The van der Waals surface area contributed by atoms with Crippen molar-refractivity contribution >= 4 is 27.3 Å². The van der Waals surface area contributed by atoms with Crippen LogP contribution in [-0.4, -0.2) is 36.3 Å². The summed E-state index contributed by atoms with van der Waals surface area (Å²) in [5.74, 6) is -1.43. The van der Waals surface area contributed by atoms with Gasteiger partial charge in [0, 0.05) is 15.9 Å². The van der Waals surface area contributed by atoms with E-state index in [1.54, 1.807) is 0 Å². The lowest BCUT2D eigenvalue weighted by Gasteiger charge is -2.04.